The first-order chi connectivity index (χ1) is 11.4. The molecule has 0 unspecified atom stereocenters. The molecule has 0 fully saturated rings. The van der Waals surface area contributed by atoms with Crippen LogP contribution in [0.1, 0.15) is 33.3 Å². The molecule has 0 radical (unpaired) electrons. The zero-order valence-corrected chi connectivity index (χ0v) is 13.8. The predicted molar refractivity (Wildman–Crippen MR) is 91.2 cm³/mol. The molecule has 0 aliphatic carbocycles. The van der Waals surface area contributed by atoms with Gasteiger partial charge in [0.15, 0.2) is 0 Å². The number of nitriles is 1. The fourth-order valence-corrected chi connectivity index (χ4v) is 3.03. The zero-order valence-electron chi connectivity index (χ0n) is 13.0. The van der Waals surface area contributed by atoms with Crippen molar-refractivity contribution in [2.45, 2.75) is 13.8 Å². The van der Waals surface area contributed by atoms with Crippen LogP contribution in [0.15, 0.2) is 29.4 Å². The third kappa shape index (κ3) is 3.97. The van der Waals surface area contributed by atoms with E-state index in [4.69, 9.17) is 0 Å². The summed E-state index contributed by atoms with van der Waals surface area (Å²) in [6.07, 6.45) is 1.39. The monoisotopic (exact) mass is 342 g/mol. The van der Waals surface area contributed by atoms with Gasteiger partial charge in [0.25, 0.3) is 5.91 Å². The molecule has 0 saturated carbocycles. The third-order valence-corrected chi connectivity index (χ3v) is 4.21. The molecule has 122 valence electrons. The van der Waals surface area contributed by atoms with Crippen LogP contribution in [0.25, 0.3) is 0 Å². The molecule has 0 spiro atoms. The van der Waals surface area contributed by atoms with Crippen LogP contribution >= 0.6 is 11.3 Å². The molecular formula is C16H14N4O3S. The third-order valence-electron chi connectivity index (χ3n) is 3.00. The SMILES string of the molecule is CC(=O)Nc1sc(C(=O)N/N=C\c2cccc(O)c2)c(C)c1C#N. The van der Waals surface area contributed by atoms with Crippen molar-refractivity contribution in [1.82, 2.24) is 5.43 Å². The Bertz CT molecular complexity index is 865. The zero-order chi connectivity index (χ0) is 17.7. The molecule has 1 aromatic carbocycles. The van der Waals surface area contributed by atoms with E-state index in [0.717, 1.165) is 11.3 Å². The number of thiophene rings is 1. The van der Waals surface area contributed by atoms with Crippen molar-refractivity contribution in [3.63, 3.8) is 0 Å². The average Bonchev–Trinajstić information content (AvgIpc) is 2.82. The minimum absolute atomic E-state index is 0.0954. The average molecular weight is 342 g/mol. The first-order valence-electron chi connectivity index (χ1n) is 6.86. The number of hydrazone groups is 1. The number of aromatic hydroxyl groups is 1. The van der Waals surface area contributed by atoms with Gasteiger partial charge in [-0.05, 0) is 30.2 Å². The second kappa shape index (κ2) is 7.39. The quantitative estimate of drug-likeness (QED) is 0.584. The largest absolute Gasteiger partial charge is 0.508 e. The molecule has 3 N–H and O–H groups in total. The number of carbonyl (C=O) groups is 2. The van der Waals surface area contributed by atoms with Crippen molar-refractivity contribution in [3.8, 4) is 11.8 Å². The van der Waals surface area contributed by atoms with Gasteiger partial charge in [-0.3, -0.25) is 9.59 Å². The molecule has 2 rings (SSSR count). The lowest BCUT2D eigenvalue weighted by molar-refractivity contribution is -0.114. The van der Waals surface area contributed by atoms with Gasteiger partial charge in [0, 0.05) is 6.92 Å². The molecule has 2 aromatic rings. The van der Waals surface area contributed by atoms with Gasteiger partial charge in [-0.25, -0.2) is 5.43 Å². The van der Waals surface area contributed by atoms with Crippen LogP contribution in [0.4, 0.5) is 5.00 Å². The van der Waals surface area contributed by atoms with E-state index in [9.17, 15) is 20.0 Å². The summed E-state index contributed by atoms with van der Waals surface area (Å²) in [7, 11) is 0. The number of benzene rings is 1. The summed E-state index contributed by atoms with van der Waals surface area (Å²) >= 11 is 1.02. The molecular weight excluding hydrogens is 328 g/mol. The van der Waals surface area contributed by atoms with Crippen molar-refractivity contribution in [2.75, 3.05) is 5.32 Å². The Hall–Kier alpha value is -3.18. The Labute approximate surface area is 142 Å². The fourth-order valence-electron chi connectivity index (χ4n) is 1.93. The number of amides is 2. The summed E-state index contributed by atoms with van der Waals surface area (Å²) in [5, 5.41) is 25.2. The standard InChI is InChI=1S/C16H14N4O3S/c1-9-13(7-17)16(19-10(2)21)24-14(9)15(23)20-18-8-11-4-3-5-12(22)6-11/h3-6,8,22H,1-2H3,(H,19,21)(H,20,23)/b18-8-. The molecule has 8 heteroatoms. The van der Waals surface area contributed by atoms with Gasteiger partial charge in [-0.1, -0.05) is 12.1 Å². The van der Waals surface area contributed by atoms with E-state index in [1.165, 1.54) is 25.3 Å². The molecule has 0 atom stereocenters. The summed E-state index contributed by atoms with van der Waals surface area (Å²) in [5.41, 5.74) is 3.73. The Morgan fingerprint density at radius 1 is 1.42 bits per heavy atom. The lowest BCUT2D eigenvalue weighted by Gasteiger charge is -1.98. The summed E-state index contributed by atoms with van der Waals surface area (Å²) in [6, 6.07) is 8.37. The van der Waals surface area contributed by atoms with Gasteiger partial charge in [0.1, 0.15) is 21.7 Å². The second-order valence-corrected chi connectivity index (χ2v) is 5.87. The number of rotatable bonds is 4. The van der Waals surface area contributed by atoms with E-state index < -0.39 is 5.91 Å². The van der Waals surface area contributed by atoms with Gasteiger partial charge >= 0.3 is 0 Å². The molecule has 1 aromatic heterocycles. The van der Waals surface area contributed by atoms with Crippen molar-refractivity contribution in [1.29, 1.82) is 5.26 Å². The van der Waals surface area contributed by atoms with Gasteiger partial charge in [0.2, 0.25) is 5.91 Å². The molecule has 2 amide bonds. The highest BCUT2D eigenvalue weighted by Crippen LogP contribution is 2.32. The Balaban J connectivity index is 2.17. The maximum atomic E-state index is 12.2. The molecule has 1 heterocycles. The number of phenolic OH excluding ortho intramolecular Hbond substituents is 1. The van der Waals surface area contributed by atoms with Gasteiger partial charge < -0.3 is 10.4 Å². The van der Waals surface area contributed by atoms with Crippen molar-refractivity contribution in [2.24, 2.45) is 5.10 Å². The maximum Gasteiger partial charge on any atom is 0.281 e. The van der Waals surface area contributed by atoms with Crippen LogP contribution in [0, 0.1) is 18.3 Å². The lowest BCUT2D eigenvalue weighted by atomic mass is 10.1. The van der Waals surface area contributed by atoms with Crippen molar-refractivity contribution < 1.29 is 14.7 Å². The number of nitrogens with one attached hydrogen (secondary N) is 2. The highest BCUT2D eigenvalue weighted by atomic mass is 32.1. The number of hydrogen-bond acceptors (Lipinski definition) is 6. The van der Waals surface area contributed by atoms with E-state index in [0.29, 0.717) is 21.0 Å². The molecule has 0 aliphatic rings. The lowest BCUT2D eigenvalue weighted by Crippen LogP contribution is -2.17. The van der Waals surface area contributed by atoms with Gasteiger partial charge in [-0.2, -0.15) is 10.4 Å². The van der Waals surface area contributed by atoms with E-state index in [1.54, 1.807) is 19.1 Å². The summed E-state index contributed by atoms with van der Waals surface area (Å²) in [4.78, 5) is 23.7. The summed E-state index contributed by atoms with van der Waals surface area (Å²) < 4.78 is 0. The number of phenols is 1. The predicted octanol–water partition coefficient (Wildman–Crippen LogP) is 2.36. The van der Waals surface area contributed by atoms with Crippen molar-refractivity contribution in [3.05, 3.63) is 45.8 Å². The Morgan fingerprint density at radius 3 is 2.79 bits per heavy atom. The highest BCUT2D eigenvalue weighted by Gasteiger charge is 2.20. The van der Waals surface area contributed by atoms with Gasteiger partial charge in [-0.15, -0.1) is 11.3 Å². The van der Waals surface area contributed by atoms with E-state index in [2.05, 4.69) is 15.8 Å². The fraction of sp³-hybridized carbons (Fsp3) is 0.125. The minimum atomic E-state index is -0.484. The highest BCUT2D eigenvalue weighted by molar-refractivity contribution is 7.18. The summed E-state index contributed by atoms with van der Waals surface area (Å²) in [5.74, 6) is -0.707. The smallest absolute Gasteiger partial charge is 0.281 e. The number of hydrogen-bond donors (Lipinski definition) is 3. The van der Waals surface area contributed by atoms with E-state index >= 15 is 0 Å². The normalized spacial score (nSPS) is 10.4. The van der Waals surface area contributed by atoms with Gasteiger partial charge in [0.05, 0.1) is 11.8 Å². The molecule has 0 bridgehead atoms. The maximum absolute atomic E-state index is 12.2. The topological polar surface area (TPSA) is 115 Å². The minimum Gasteiger partial charge on any atom is -0.508 e. The summed E-state index contributed by atoms with van der Waals surface area (Å²) in [6.45, 7) is 2.96. The van der Waals surface area contributed by atoms with E-state index in [1.807, 2.05) is 6.07 Å². The molecule has 24 heavy (non-hydrogen) atoms. The first kappa shape index (κ1) is 17.2. The van der Waals surface area contributed by atoms with Crippen LogP contribution in [0.5, 0.6) is 5.75 Å². The number of carbonyl (C=O) groups excluding carboxylic acids is 2. The van der Waals surface area contributed by atoms with Crippen LogP contribution in [0.2, 0.25) is 0 Å². The molecule has 0 aliphatic heterocycles. The number of nitrogens with zero attached hydrogens (tertiary/aromatic N) is 2. The molecule has 7 nitrogen and oxygen atoms in total. The van der Waals surface area contributed by atoms with E-state index in [-0.39, 0.29) is 17.2 Å². The van der Waals surface area contributed by atoms with Crippen LogP contribution < -0.4 is 10.7 Å². The Morgan fingerprint density at radius 2 is 2.17 bits per heavy atom. The molecule has 0 saturated heterocycles. The second-order valence-electron chi connectivity index (χ2n) is 4.85. The first-order valence-corrected chi connectivity index (χ1v) is 7.67. The van der Waals surface area contributed by atoms with Crippen molar-refractivity contribution >= 4 is 34.4 Å². The van der Waals surface area contributed by atoms with Crippen LogP contribution in [-0.4, -0.2) is 23.1 Å². The number of anilines is 1. The van der Waals surface area contributed by atoms with Crippen LogP contribution in [0.3, 0.4) is 0 Å². The van der Waals surface area contributed by atoms with Crippen LogP contribution in [-0.2, 0) is 4.79 Å². The Kier molecular flexibility index (Phi) is 5.29.